The van der Waals surface area contributed by atoms with Gasteiger partial charge in [-0.05, 0) is 35.7 Å². The number of nitrogens with two attached hydrogens (primary N) is 1. The van der Waals surface area contributed by atoms with Gasteiger partial charge in [-0.25, -0.2) is 13.6 Å². The summed E-state index contributed by atoms with van der Waals surface area (Å²) < 4.78 is 22.4. The largest absolute Gasteiger partial charge is 0.351 e. The molecule has 1 aliphatic rings. The van der Waals surface area contributed by atoms with Crippen LogP contribution < -0.4 is 10.5 Å². The van der Waals surface area contributed by atoms with Crippen molar-refractivity contribution in [2.45, 2.75) is 28.0 Å². The Morgan fingerprint density at radius 2 is 1.87 bits per heavy atom. The Morgan fingerprint density at radius 3 is 2.52 bits per heavy atom. The van der Waals surface area contributed by atoms with Gasteiger partial charge in [0.1, 0.15) is 0 Å². The van der Waals surface area contributed by atoms with Crippen LogP contribution >= 0.6 is 11.8 Å². The van der Waals surface area contributed by atoms with E-state index in [-0.39, 0.29) is 16.1 Å². The van der Waals surface area contributed by atoms with Crippen LogP contribution in [0.5, 0.6) is 0 Å². The molecule has 0 saturated heterocycles. The van der Waals surface area contributed by atoms with Gasteiger partial charge in [0.05, 0.1) is 10.1 Å². The SMILES string of the molecule is NS(=O)(=O)c1ccc(CNC(=O)[C@@H]2Cc3ccccc3S2)cc1. The van der Waals surface area contributed by atoms with E-state index < -0.39 is 10.0 Å². The van der Waals surface area contributed by atoms with Crippen LogP contribution in [0.25, 0.3) is 0 Å². The summed E-state index contributed by atoms with van der Waals surface area (Å²) in [6, 6.07) is 14.2. The third kappa shape index (κ3) is 3.74. The molecule has 0 aliphatic carbocycles. The predicted octanol–water partition coefficient (Wildman–Crippen LogP) is 1.67. The van der Waals surface area contributed by atoms with Gasteiger partial charge in [0, 0.05) is 11.4 Å². The molecule has 0 radical (unpaired) electrons. The molecule has 5 nitrogen and oxygen atoms in total. The second kappa shape index (κ2) is 6.35. The molecule has 0 aromatic heterocycles. The maximum absolute atomic E-state index is 12.3. The van der Waals surface area contributed by atoms with E-state index in [9.17, 15) is 13.2 Å². The average Bonchev–Trinajstić information content (AvgIpc) is 2.96. The Bertz CT molecular complexity index is 808. The molecule has 23 heavy (non-hydrogen) atoms. The third-order valence-electron chi connectivity index (χ3n) is 3.66. The number of benzene rings is 2. The van der Waals surface area contributed by atoms with Crippen molar-refractivity contribution >= 4 is 27.7 Å². The van der Waals surface area contributed by atoms with Gasteiger partial charge in [-0.2, -0.15) is 0 Å². The first kappa shape index (κ1) is 16.0. The number of nitrogens with one attached hydrogen (secondary N) is 1. The Morgan fingerprint density at radius 1 is 1.17 bits per heavy atom. The first-order valence-corrected chi connectivity index (χ1v) is 9.50. The number of hydrogen-bond donors (Lipinski definition) is 2. The van der Waals surface area contributed by atoms with E-state index in [2.05, 4.69) is 5.32 Å². The molecular weight excluding hydrogens is 332 g/mol. The monoisotopic (exact) mass is 348 g/mol. The minimum absolute atomic E-state index is 0.0123. The number of amides is 1. The summed E-state index contributed by atoms with van der Waals surface area (Å²) >= 11 is 1.58. The topological polar surface area (TPSA) is 89.3 Å². The number of thioether (sulfide) groups is 1. The Balaban J connectivity index is 1.58. The highest BCUT2D eigenvalue weighted by molar-refractivity contribution is 8.01. The van der Waals surface area contributed by atoms with Crippen LogP contribution in [0.1, 0.15) is 11.1 Å². The van der Waals surface area contributed by atoms with Crippen LogP contribution in [-0.2, 0) is 27.8 Å². The van der Waals surface area contributed by atoms with Crippen molar-refractivity contribution in [3.8, 4) is 0 Å². The van der Waals surface area contributed by atoms with Crippen molar-refractivity contribution in [3.63, 3.8) is 0 Å². The van der Waals surface area contributed by atoms with Crippen LogP contribution in [0.2, 0.25) is 0 Å². The number of carbonyl (C=O) groups excluding carboxylic acids is 1. The average molecular weight is 348 g/mol. The lowest BCUT2D eigenvalue weighted by Gasteiger charge is -2.10. The van der Waals surface area contributed by atoms with Crippen molar-refractivity contribution < 1.29 is 13.2 Å². The Hall–Kier alpha value is -1.83. The van der Waals surface area contributed by atoms with Crippen LogP contribution in [-0.4, -0.2) is 19.6 Å². The zero-order valence-electron chi connectivity index (χ0n) is 12.2. The van der Waals surface area contributed by atoms with Crippen LogP contribution in [0.4, 0.5) is 0 Å². The molecule has 7 heteroatoms. The summed E-state index contributed by atoms with van der Waals surface area (Å²) in [5.41, 5.74) is 2.03. The number of carbonyl (C=O) groups is 1. The molecule has 0 bridgehead atoms. The number of sulfonamides is 1. The molecule has 1 aliphatic heterocycles. The quantitative estimate of drug-likeness (QED) is 0.879. The summed E-state index contributed by atoms with van der Waals surface area (Å²) in [6.45, 7) is 0.358. The molecular formula is C16H16N2O3S2. The van der Waals surface area contributed by atoms with Gasteiger partial charge in [-0.1, -0.05) is 30.3 Å². The molecule has 1 heterocycles. The summed E-state index contributed by atoms with van der Waals surface area (Å²) in [6.07, 6.45) is 0.733. The fourth-order valence-corrected chi connectivity index (χ4v) is 4.16. The molecule has 120 valence electrons. The lowest BCUT2D eigenvalue weighted by molar-refractivity contribution is -0.120. The highest BCUT2D eigenvalue weighted by Crippen LogP contribution is 2.36. The van der Waals surface area contributed by atoms with Gasteiger partial charge in [-0.3, -0.25) is 4.79 Å². The van der Waals surface area contributed by atoms with Crippen molar-refractivity contribution in [1.82, 2.24) is 5.32 Å². The van der Waals surface area contributed by atoms with Gasteiger partial charge >= 0.3 is 0 Å². The predicted molar refractivity (Wildman–Crippen MR) is 89.5 cm³/mol. The molecule has 1 atom stereocenters. The molecule has 0 spiro atoms. The van der Waals surface area contributed by atoms with E-state index in [0.717, 1.165) is 16.9 Å². The van der Waals surface area contributed by atoms with E-state index in [1.807, 2.05) is 24.3 Å². The van der Waals surface area contributed by atoms with Crippen molar-refractivity contribution in [2.24, 2.45) is 5.14 Å². The summed E-state index contributed by atoms with van der Waals surface area (Å²) in [4.78, 5) is 13.5. The second-order valence-electron chi connectivity index (χ2n) is 5.33. The standard InChI is InChI=1S/C16H16N2O3S2/c17-23(20,21)13-7-5-11(6-8-13)10-18-16(19)15-9-12-3-1-2-4-14(12)22-15/h1-8,15H,9-10H2,(H,18,19)(H2,17,20,21)/t15-/m0/s1. The first-order valence-electron chi connectivity index (χ1n) is 7.07. The Labute approximate surface area is 139 Å². The highest BCUT2D eigenvalue weighted by atomic mass is 32.2. The zero-order chi connectivity index (χ0) is 16.4. The maximum Gasteiger partial charge on any atom is 0.238 e. The summed E-state index contributed by atoms with van der Waals surface area (Å²) in [5, 5.41) is 7.83. The van der Waals surface area contributed by atoms with E-state index in [1.54, 1.807) is 23.9 Å². The van der Waals surface area contributed by atoms with Crippen LogP contribution in [0, 0.1) is 0 Å². The number of hydrogen-bond acceptors (Lipinski definition) is 4. The van der Waals surface area contributed by atoms with Gasteiger partial charge in [0.15, 0.2) is 0 Å². The molecule has 0 unspecified atom stereocenters. The van der Waals surface area contributed by atoms with Crippen molar-refractivity contribution in [1.29, 1.82) is 0 Å². The Kier molecular flexibility index (Phi) is 4.43. The fraction of sp³-hybridized carbons (Fsp3) is 0.188. The van der Waals surface area contributed by atoms with Gasteiger partial charge in [-0.15, -0.1) is 11.8 Å². The summed E-state index contributed by atoms with van der Waals surface area (Å²) in [7, 11) is -3.69. The molecule has 2 aromatic rings. The molecule has 3 N–H and O–H groups in total. The second-order valence-corrected chi connectivity index (χ2v) is 8.13. The normalized spacial score (nSPS) is 16.8. The zero-order valence-corrected chi connectivity index (χ0v) is 13.9. The van der Waals surface area contributed by atoms with Gasteiger partial charge in [0.2, 0.25) is 15.9 Å². The third-order valence-corrected chi connectivity index (χ3v) is 5.90. The van der Waals surface area contributed by atoms with Gasteiger partial charge in [0.25, 0.3) is 0 Å². The van der Waals surface area contributed by atoms with E-state index in [4.69, 9.17) is 5.14 Å². The lowest BCUT2D eigenvalue weighted by atomic mass is 10.1. The lowest BCUT2D eigenvalue weighted by Crippen LogP contribution is -2.32. The minimum Gasteiger partial charge on any atom is -0.351 e. The number of rotatable bonds is 4. The van der Waals surface area contributed by atoms with E-state index in [1.165, 1.54) is 17.7 Å². The van der Waals surface area contributed by atoms with Crippen molar-refractivity contribution in [2.75, 3.05) is 0 Å². The van der Waals surface area contributed by atoms with Crippen molar-refractivity contribution in [3.05, 3.63) is 59.7 Å². The fourth-order valence-electron chi connectivity index (χ4n) is 2.43. The highest BCUT2D eigenvalue weighted by Gasteiger charge is 2.27. The van der Waals surface area contributed by atoms with E-state index in [0.29, 0.717) is 6.54 Å². The van der Waals surface area contributed by atoms with Crippen LogP contribution in [0.3, 0.4) is 0 Å². The smallest absolute Gasteiger partial charge is 0.238 e. The van der Waals surface area contributed by atoms with Gasteiger partial charge < -0.3 is 5.32 Å². The minimum atomic E-state index is -3.69. The number of fused-ring (bicyclic) bond motifs is 1. The molecule has 2 aromatic carbocycles. The molecule has 0 fully saturated rings. The first-order chi connectivity index (χ1) is 10.9. The molecule has 1 amide bonds. The van der Waals surface area contributed by atoms with E-state index >= 15 is 0 Å². The molecule has 3 rings (SSSR count). The maximum atomic E-state index is 12.3. The van der Waals surface area contributed by atoms with Crippen LogP contribution in [0.15, 0.2) is 58.3 Å². The summed E-state index contributed by atoms with van der Waals surface area (Å²) in [5.74, 6) is -0.0123. The molecule has 0 saturated carbocycles. The number of primary sulfonamides is 1.